The lowest BCUT2D eigenvalue weighted by molar-refractivity contribution is -0.139. The maximum Gasteiger partial charge on any atom is 0.244 e. The van der Waals surface area contributed by atoms with E-state index in [0.29, 0.717) is 31.7 Å². The Kier molecular flexibility index (Phi) is 11.0. The largest absolute Gasteiger partial charge is 0.492 e. The minimum absolute atomic E-state index is 0.239. The van der Waals surface area contributed by atoms with Crippen molar-refractivity contribution in [1.82, 2.24) is 10.2 Å². The van der Waals surface area contributed by atoms with Crippen molar-refractivity contribution in [3.8, 4) is 5.75 Å². The van der Waals surface area contributed by atoms with Crippen LogP contribution in [0.25, 0.3) is 0 Å². The monoisotopic (exact) mass is 503 g/mol. The quantitative estimate of drug-likeness (QED) is 0.427. The van der Waals surface area contributed by atoms with E-state index >= 15 is 0 Å². The Morgan fingerprint density at radius 3 is 2.26 bits per heavy atom. The van der Waals surface area contributed by atoms with Crippen LogP contribution in [0.3, 0.4) is 0 Å². The highest BCUT2D eigenvalue weighted by molar-refractivity contribution is 7.92. The summed E-state index contributed by atoms with van der Waals surface area (Å²) in [5.41, 5.74) is 1.31. The fourth-order valence-corrected chi connectivity index (χ4v) is 4.65. The molecule has 0 aliphatic rings. The van der Waals surface area contributed by atoms with E-state index in [4.69, 9.17) is 4.74 Å². The molecule has 0 saturated carbocycles. The third-order valence-corrected chi connectivity index (χ3v) is 6.66. The van der Waals surface area contributed by atoms with E-state index in [1.165, 1.54) is 4.90 Å². The van der Waals surface area contributed by atoms with Crippen LogP contribution in [0.4, 0.5) is 5.69 Å². The van der Waals surface area contributed by atoms with E-state index in [9.17, 15) is 18.0 Å². The van der Waals surface area contributed by atoms with Crippen LogP contribution in [0.1, 0.15) is 39.2 Å². The van der Waals surface area contributed by atoms with Gasteiger partial charge in [0.2, 0.25) is 21.8 Å². The van der Waals surface area contributed by atoms with Gasteiger partial charge in [-0.15, -0.1) is 0 Å². The minimum Gasteiger partial charge on any atom is -0.492 e. The first-order valence-electron chi connectivity index (χ1n) is 12.0. The van der Waals surface area contributed by atoms with E-state index in [2.05, 4.69) is 5.32 Å². The number of sulfonamides is 1. The van der Waals surface area contributed by atoms with Crippen molar-refractivity contribution in [2.75, 3.05) is 36.8 Å². The van der Waals surface area contributed by atoms with E-state index in [1.807, 2.05) is 44.2 Å². The zero-order valence-electron chi connectivity index (χ0n) is 21.1. The maximum absolute atomic E-state index is 13.6. The highest BCUT2D eigenvalue weighted by Gasteiger charge is 2.32. The molecule has 0 aromatic heterocycles. The maximum atomic E-state index is 13.6. The Balaban J connectivity index is 2.39. The van der Waals surface area contributed by atoms with Gasteiger partial charge in [-0.25, -0.2) is 8.42 Å². The van der Waals surface area contributed by atoms with Crippen molar-refractivity contribution in [3.05, 3.63) is 60.2 Å². The number of nitrogens with zero attached hydrogens (tertiary/aromatic N) is 2. The van der Waals surface area contributed by atoms with Crippen molar-refractivity contribution >= 4 is 27.5 Å². The third-order valence-electron chi connectivity index (χ3n) is 5.53. The summed E-state index contributed by atoms with van der Waals surface area (Å²) in [5, 5.41) is 2.87. The fraction of sp³-hybridized carbons (Fsp3) is 0.462. The van der Waals surface area contributed by atoms with E-state index < -0.39 is 28.5 Å². The Hall–Kier alpha value is -3.07. The number of para-hydroxylation sites is 2. The first kappa shape index (κ1) is 28.2. The van der Waals surface area contributed by atoms with Crippen LogP contribution in [0.2, 0.25) is 0 Å². The van der Waals surface area contributed by atoms with Crippen LogP contribution in [0.5, 0.6) is 5.75 Å². The summed E-state index contributed by atoms with van der Waals surface area (Å²) in [5.74, 6) is -0.315. The predicted octanol–water partition coefficient (Wildman–Crippen LogP) is 3.23. The first-order valence-corrected chi connectivity index (χ1v) is 13.9. The molecule has 0 saturated heterocycles. The van der Waals surface area contributed by atoms with Gasteiger partial charge >= 0.3 is 0 Å². The molecule has 0 bridgehead atoms. The van der Waals surface area contributed by atoms with Gasteiger partial charge < -0.3 is 15.0 Å². The molecule has 1 N–H and O–H groups in total. The Morgan fingerprint density at radius 2 is 1.66 bits per heavy atom. The lowest BCUT2D eigenvalue weighted by Gasteiger charge is -2.33. The predicted molar refractivity (Wildman–Crippen MR) is 139 cm³/mol. The molecule has 2 amide bonds. The zero-order valence-corrected chi connectivity index (χ0v) is 21.9. The average Bonchev–Trinajstić information content (AvgIpc) is 2.84. The van der Waals surface area contributed by atoms with Crippen LogP contribution in [0, 0.1) is 0 Å². The number of benzene rings is 2. The highest BCUT2D eigenvalue weighted by Crippen LogP contribution is 2.30. The molecule has 2 aromatic rings. The summed E-state index contributed by atoms with van der Waals surface area (Å²) in [6.07, 6.45) is 2.78. The number of amides is 2. The standard InChI is InChI=1S/C26H37N3O5S/c1-5-18-27-26(31)22(6-2)28(19-17-21-13-9-8-10-14-21)25(30)20-29(35(4,32)33)23-15-11-12-16-24(23)34-7-3/h8-16,22H,5-7,17-20H2,1-4H3,(H,27,31)/t22-/m0/s1. The lowest BCUT2D eigenvalue weighted by atomic mass is 10.1. The molecule has 2 aromatic carbocycles. The van der Waals surface area contributed by atoms with Crippen LogP contribution >= 0.6 is 0 Å². The Bertz CT molecular complexity index is 1060. The summed E-state index contributed by atoms with van der Waals surface area (Å²) in [7, 11) is -3.82. The smallest absolute Gasteiger partial charge is 0.244 e. The average molecular weight is 504 g/mol. The van der Waals surface area contributed by atoms with Gasteiger partial charge in [0.15, 0.2) is 0 Å². The highest BCUT2D eigenvalue weighted by atomic mass is 32.2. The Morgan fingerprint density at radius 1 is 1.00 bits per heavy atom. The summed E-state index contributed by atoms with van der Waals surface area (Å²) >= 11 is 0. The van der Waals surface area contributed by atoms with Gasteiger partial charge in [-0.1, -0.05) is 56.3 Å². The van der Waals surface area contributed by atoms with Gasteiger partial charge in [0.05, 0.1) is 18.6 Å². The number of ether oxygens (including phenoxy) is 1. The molecule has 192 valence electrons. The molecule has 0 unspecified atom stereocenters. The molecular formula is C26H37N3O5S. The number of nitrogens with one attached hydrogen (secondary N) is 1. The second kappa shape index (κ2) is 13.7. The third kappa shape index (κ3) is 8.28. The molecule has 0 aliphatic carbocycles. The normalized spacial score (nSPS) is 12.0. The summed E-state index contributed by atoms with van der Waals surface area (Å²) in [4.78, 5) is 28.1. The van der Waals surface area contributed by atoms with Gasteiger partial charge in [-0.2, -0.15) is 0 Å². The van der Waals surface area contributed by atoms with Crippen molar-refractivity contribution in [3.63, 3.8) is 0 Å². The van der Waals surface area contributed by atoms with Crippen LogP contribution in [-0.2, 0) is 26.0 Å². The molecule has 2 rings (SSSR count). The van der Waals surface area contributed by atoms with E-state index in [0.717, 1.165) is 22.5 Å². The molecule has 0 spiro atoms. The van der Waals surface area contributed by atoms with E-state index in [1.54, 1.807) is 31.2 Å². The molecule has 1 atom stereocenters. The van der Waals surface area contributed by atoms with Crippen molar-refractivity contribution in [2.24, 2.45) is 0 Å². The van der Waals surface area contributed by atoms with Crippen molar-refractivity contribution in [2.45, 2.75) is 46.1 Å². The minimum atomic E-state index is -3.82. The molecular weight excluding hydrogens is 466 g/mol. The molecule has 0 heterocycles. The van der Waals surface area contributed by atoms with Gasteiger partial charge in [0.25, 0.3) is 0 Å². The first-order chi connectivity index (χ1) is 16.7. The second-order valence-electron chi connectivity index (χ2n) is 8.21. The summed E-state index contributed by atoms with van der Waals surface area (Å²) < 4.78 is 32.2. The lowest BCUT2D eigenvalue weighted by Crippen LogP contribution is -2.53. The van der Waals surface area contributed by atoms with Crippen molar-refractivity contribution in [1.29, 1.82) is 0 Å². The summed E-state index contributed by atoms with van der Waals surface area (Å²) in [6, 6.07) is 15.7. The molecule has 0 aliphatic heterocycles. The summed E-state index contributed by atoms with van der Waals surface area (Å²) in [6.45, 7) is 6.31. The van der Waals surface area contributed by atoms with Crippen LogP contribution < -0.4 is 14.4 Å². The van der Waals surface area contributed by atoms with Crippen LogP contribution in [-0.4, -0.2) is 63.7 Å². The number of hydrogen-bond acceptors (Lipinski definition) is 5. The Labute approximate surface area is 209 Å². The van der Waals surface area contributed by atoms with Crippen LogP contribution in [0.15, 0.2) is 54.6 Å². The number of carbonyl (C=O) groups excluding carboxylic acids is 2. The van der Waals surface area contributed by atoms with Gasteiger partial charge in [-0.05, 0) is 43.9 Å². The van der Waals surface area contributed by atoms with Gasteiger partial charge in [0.1, 0.15) is 18.3 Å². The topological polar surface area (TPSA) is 96.0 Å². The SMILES string of the molecule is CCCNC(=O)[C@H](CC)N(CCc1ccccc1)C(=O)CN(c1ccccc1OCC)S(C)(=O)=O. The zero-order chi connectivity index (χ0) is 25.8. The van der Waals surface area contributed by atoms with Crippen molar-refractivity contribution < 1.29 is 22.7 Å². The molecule has 0 radical (unpaired) electrons. The molecule has 9 heteroatoms. The number of anilines is 1. The van der Waals surface area contributed by atoms with Gasteiger partial charge in [-0.3, -0.25) is 13.9 Å². The van der Waals surface area contributed by atoms with E-state index in [-0.39, 0.29) is 18.1 Å². The fourth-order valence-electron chi connectivity index (χ4n) is 3.80. The molecule has 35 heavy (non-hydrogen) atoms. The number of rotatable bonds is 14. The molecule has 8 nitrogen and oxygen atoms in total. The second-order valence-corrected chi connectivity index (χ2v) is 10.1. The number of carbonyl (C=O) groups is 2. The molecule has 0 fully saturated rings. The van der Waals surface area contributed by atoms with Gasteiger partial charge in [0, 0.05) is 13.1 Å². The number of hydrogen-bond donors (Lipinski definition) is 1.